The zero-order valence-electron chi connectivity index (χ0n) is 12.2. The predicted octanol–water partition coefficient (Wildman–Crippen LogP) is 4.82. The van der Waals surface area contributed by atoms with Crippen LogP contribution in [0.25, 0.3) is 0 Å². The van der Waals surface area contributed by atoms with Crippen molar-refractivity contribution in [1.29, 1.82) is 5.26 Å². The zero-order valence-corrected chi connectivity index (χ0v) is 12.2. The van der Waals surface area contributed by atoms with Gasteiger partial charge in [0.15, 0.2) is 0 Å². The van der Waals surface area contributed by atoms with Crippen molar-refractivity contribution < 1.29 is 0 Å². The first kappa shape index (κ1) is 16.5. The fourth-order valence-corrected chi connectivity index (χ4v) is 1.83. The lowest BCUT2D eigenvalue weighted by Crippen LogP contribution is -2.07. The molecule has 0 fully saturated rings. The average molecular weight is 246 g/mol. The SMILES string of the molecule is CC.CCCC(C)CCNc1ccccc1C#N. The van der Waals surface area contributed by atoms with Gasteiger partial charge < -0.3 is 5.32 Å². The summed E-state index contributed by atoms with van der Waals surface area (Å²) in [5.41, 5.74) is 1.68. The largest absolute Gasteiger partial charge is 0.384 e. The van der Waals surface area contributed by atoms with Gasteiger partial charge in [0.2, 0.25) is 0 Å². The Morgan fingerprint density at radius 1 is 1.22 bits per heavy atom. The topological polar surface area (TPSA) is 35.8 Å². The highest BCUT2D eigenvalue weighted by atomic mass is 14.9. The van der Waals surface area contributed by atoms with Crippen LogP contribution in [0, 0.1) is 17.2 Å². The molecule has 0 bridgehead atoms. The highest BCUT2D eigenvalue weighted by molar-refractivity contribution is 5.56. The average Bonchev–Trinajstić information content (AvgIpc) is 2.42. The molecule has 1 atom stereocenters. The first-order chi connectivity index (χ1) is 8.77. The number of hydrogen-bond acceptors (Lipinski definition) is 2. The number of para-hydroxylation sites is 1. The molecular formula is C16H26N2. The Kier molecular flexibility index (Phi) is 9.77. The van der Waals surface area contributed by atoms with Gasteiger partial charge >= 0.3 is 0 Å². The van der Waals surface area contributed by atoms with Crippen molar-refractivity contribution in [3.8, 4) is 6.07 Å². The van der Waals surface area contributed by atoms with Crippen LogP contribution in [0.4, 0.5) is 5.69 Å². The van der Waals surface area contributed by atoms with E-state index in [2.05, 4.69) is 25.2 Å². The second kappa shape index (κ2) is 10.7. The van der Waals surface area contributed by atoms with Crippen LogP contribution >= 0.6 is 0 Å². The van der Waals surface area contributed by atoms with E-state index in [-0.39, 0.29) is 0 Å². The van der Waals surface area contributed by atoms with Crippen LogP contribution in [0.1, 0.15) is 52.5 Å². The summed E-state index contributed by atoms with van der Waals surface area (Å²) < 4.78 is 0. The van der Waals surface area contributed by atoms with Crippen LogP contribution in [0.3, 0.4) is 0 Å². The highest BCUT2D eigenvalue weighted by Crippen LogP contribution is 2.15. The lowest BCUT2D eigenvalue weighted by Gasteiger charge is -2.12. The summed E-state index contributed by atoms with van der Waals surface area (Å²) in [5, 5.41) is 12.3. The van der Waals surface area contributed by atoms with Crippen LogP contribution in [-0.2, 0) is 0 Å². The maximum Gasteiger partial charge on any atom is 0.101 e. The van der Waals surface area contributed by atoms with E-state index in [4.69, 9.17) is 5.26 Å². The van der Waals surface area contributed by atoms with E-state index in [1.165, 1.54) is 12.8 Å². The van der Waals surface area contributed by atoms with E-state index >= 15 is 0 Å². The van der Waals surface area contributed by atoms with E-state index in [0.29, 0.717) is 0 Å². The van der Waals surface area contributed by atoms with E-state index < -0.39 is 0 Å². The van der Waals surface area contributed by atoms with Crippen molar-refractivity contribution in [1.82, 2.24) is 0 Å². The van der Waals surface area contributed by atoms with Crippen LogP contribution in [0.15, 0.2) is 24.3 Å². The number of hydrogen-bond donors (Lipinski definition) is 1. The number of rotatable bonds is 6. The number of benzene rings is 1. The summed E-state index contributed by atoms with van der Waals surface area (Å²) in [5.74, 6) is 0.756. The minimum absolute atomic E-state index is 0.727. The molecule has 0 aliphatic carbocycles. The minimum Gasteiger partial charge on any atom is -0.384 e. The van der Waals surface area contributed by atoms with Gasteiger partial charge in [0.25, 0.3) is 0 Å². The molecule has 0 aliphatic heterocycles. The van der Waals surface area contributed by atoms with Crippen molar-refractivity contribution in [3.63, 3.8) is 0 Å². The smallest absolute Gasteiger partial charge is 0.101 e. The third kappa shape index (κ3) is 6.30. The first-order valence-corrected chi connectivity index (χ1v) is 7.01. The fourth-order valence-electron chi connectivity index (χ4n) is 1.83. The summed E-state index contributed by atoms with van der Waals surface area (Å²) in [4.78, 5) is 0. The summed E-state index contributed by atoms with van der Waals surface area (Å²) in [7, 11) is 0. The van der Waals surface area contributed by atoms with E-state index in [0.717, 1.165) is 30.1 Å². The molecule has 2 nitrogen and oxygen atoms in total. The Balaban J connectivity index is 0.00000137. The standard InChI is InChI=1S/C14H20N2.C2H6/c1-3-6-12(2)9-10-16-14-8-5-4-7-13(14)11-15;1-2/h4-5,7-8,12,16H,3,6,9-10H2,1-2H3;1-2H3. The van der Waals surface area contributed by atoms with Gasteiger partial charge in [0.05, 0.1) is 11.3 Å². The molecule has 2 heteroatoms. The summed E-state index contributed by atoms with van der Waals surface area (Å²) >= 11 is 0. The molecule has 0 radical (unpaired) electrons. The van der Waals surface area contributed by atoms with Crippen LogP contribution in [0.2, 0.25) is 0 Å². The number of anilines is 1. The van der Waals surface area contributed by atoms with Gasteiger partial charge in [-0.1, -0.05) is 52.7 Å². The first-order valence-electron chi connectivity index (χ1n) is 7.01. The molecule has 1 unspecified atom stereocenters. The third-order valence-electron chi connectivity index (χ3n) is 2.78. The summed E-state index contributed by atoms with van der Waals surface area (Å²) in [6, 6.07) is 9.85. The highest BCUT2D eigenvalue weighted by Gasteiger charge is 2.02. The zero-order chi connectivity index (χ0) is 13.8. The van der Waals surface area contributed by atoms with Crippen molar-refractivity contribution in [2.75, 3.05) is 11.9 Å². The summed E-state index contributed by atoms with van der Waals surface area (Å²) in [6.07, 6.45) is 3.69. The van der Waals surface area contributed by atoms with Gasteiger partial charge in [-0.2, -0.15) is 5.26 Å². The van der Waals surface area contributed by atoms with Crippen molar-refractivity contribution in [2.45, 2.75) is 47.0 Å². The van der Waals surface area contributed by atoms with Gasteiger partial charge in [-0.25, -0.2) is 0 Å². The van der Waals surface area contributed by atoms with Crippen LogP contribution < -0.4 is 5.32 Å². The Labute approximate surface area is 112 Å². The van der Waals surface area contributed by atoms with Crippen molar-refractivity contribution in [3.05, 3.63) is 29.8 Å². The second-order valence-corrected chi connectivity index (χ2v) is 4.27. The number of nitriles is 1. The van der Waals surface area contributed by atoms with E-state index in [1.807, 2.05) is 38.1 Å². The van der Waals surface area contributed by atoms with E-state index in [1.54, 1.807) is 0 Å². The van der Waals surface area contributed by atoms with Gasteiger partial charge in [-0.3, -0.25) is 0 Å². The quantitative estimate of drug-likeness (QED) is 0.781. The molecule has 1 aromatic carbocycles. The third-order valence-corrected chi connectivity index (χ3v) is 2.78. The molecule has 0 saturated heterocycles. The molecule has 18 heavy (non-hydrogen) atoms. The fraction of sp³-hybridized carbons (Fsp3) is 0.562. The predicted molar refractivity (Wildman–Crippen MR) is 79.7 cm³/mol. The Morgan fingerprint density at radius 2 is 1.89 bits per heavy atom. The molecule has 0 aliphatic rings. The monoisotopic (exact) mass is 246 g/mol. The lowest BCUT2D eigenvalue weighted by molar-refractivity contribution is 0.499. The Bertz CT molecular complexity index is 352. The molecule has 1 aromatic rings. The lowest BCUT2D eigenvalue weighted by atomic mass is 10.0. The molecule has 0 spiro atoms. The van der Waals surface area contributed by atoms with Gasteiger partial charge in [-0.15, -0.1) is 0 Å². The summed E-state index contributed by atoms with van der Waals surface area (Å²) in [6.45, 7) is 9.44. The Hall–Kier alpha value is -1.49. The number of nitrogens with one attached hydrogen (secondary N) is 1. The van der Waals surface area contributed by atoms with Crippen molar-refractivity contribution >= 4 is 5.69 Å². The van der Waals surface area contributed by atoms with Crippen molar-refractivity contribution in [2.24, 2.45) is 5.92 Å². The van der Waals surface area contributed by atoms with Crippen LogP contribution in [-0.4, -0.2) is 6.54 Å². The second-order valence-electron chi connectivity index (χ2n) is 4.27. The molecule has 1 rings (SSSR count). The molecule has 100 valence electrons. The normalized spacial score (nSPS) is 10.8. The van der Waals surface area contributed by atoms with Gasteiger partial charge in [0.1, 0.15) is 6.07 Å². The Morgan fingerprint density at radius 3 is 2.50 bits per heavy atom. The molecule has 0 heterocycles. The van der Waals surface area contributed by atoms with Gasteiger partial charge in [0, 0.05) is 6.54 Å². The molecule has 0 aromatic heterocycles. The molecule has 1 N–H and O–H groups in total. The van der Waals surface area contributed by atoms with Crippen LogP contribution in [0.5, 0.6) is 0 Å². The maximum atomic E-state index is 8.92. The molecule has 0 amide bonds. The number of nitrogens with zero attached hydrogens (tertiary/aromatic N) is 1. The maximum absolute atomic E-state index is 8.92. The van der Waals surface area contributed by atoms with E-state index in [9.17, 15) is 0 Å². The minimum atomic E-state index is 0.727. The molecular weight excluding hydrogens is 220 g/mol. The van der Waals surface area contributed by atoms with Gasteiger partial charge in [-0.05, 0) is 24.5 Å². The molecule has 0 saturated carbocycles.